The zero-order chi connectivity index (χ0) is 11.8. The fourth-order valence-corrected chi connectivity index (χ4v) is 2.43. The molecule has 0 aromatic heterocycles. The largest absolute Gasteiger partial charge is 0.478 e. The Hall–Kier alpha value is -1.75. The monoisotopic (exact) mass is 234 g/mol. The van der Waals surface area contributed by atoms with Crippen LogP contribution in [0.25, 0.3) is 0 Å². The van der Waals surface area contributed by atoms with E-state index >= 15 is 0 Å². The Morgan fingerprint density at radius 2 is 2.41 bits per heavy atom. The third-order valence-corrected chi connectivity index (χ3v) is 3.31. The number of hydrogen-bond donors (Lipinski definition) is 2. The Balaban J connectivity index is 1.97. The zero-order valence-corrected chi connectivity index (χ0v) is 9.35. The van der Waals surface area contributed by atoms with E-state index in [2.05, 4.69) is 10.2 Å². The Morgan fingerprint density at radius 3 is 3.24 bits per heavy atom. The molecule has 1 aromatic rings. The summed E-state index contributed by atoms with van der Waals surface area (Å²) in [5.41, 5.74) is 2.31. The topological polar surface area (TPSA) is 61.8 Å². The lowest BCUT2D eigenvalue weighted by atomic mass is 10.1. The summed E-state index contributed by atoms with van der Waals surface area (Å²) >= 11 is 0. The van der Waals surface area contributed by atoms with Crippen molar-refractivity contribution in [2.45, 2.75) is 6.04 Å². The lowest BCUT2D eigenvalue weighted by Crippen LogP contribution is -2.51. The van der Waals surface area contributed by atoms with Crippen LogP contribution >= 0.6 is 0 Å². The van der Waals surface area contributed by atoms with E-state index in [1.54, 1.807) is 12.1 Å². The van der Waals surface area contributed by atoms with Crippen LogP contribution < -0.4 is 10.2 Å². The molecule has 0 spiro atoms. The van der Waals surface area contributed by atoms with E-state index in [1.807, 2.05) is 6.07 Å². The predicted octanol–water partition coefficient (Wildman–Crippen LogP) is 1.02. The van der Waals surface area contributed by atoms with Crippen molar-refractivity contribution in [1.29, 1.82) is 0 Å². The number of nitrogens with zero attached hydrogens (tertiary/aromatic N) is 1. The lowest BCUT2D eigenvalue weighted by Gasteiger charge is -2.42. The molecule has 2 aliphatic heterocycles. The van der Waals surface area contributed by atoms with Gasteiger partial charge in [0.2, 0.25) is 0 Å². The molecule has 1 atom stereocenters. The van der Waals surface area contributed by atoms with Crippen LogP contribution in [0.2, 0.25) is 0 Å². The molecule has 2 aliphatic rings. The van der Waals surface area contributed by atoms with Crippen LogP contribution in [0.5, 0.6) is 0 Å². The van der Waals surface area contributed by atoms with Gasteiger partial charge in [-0.25, -0.2) is 4.79 Å². The fraction of sp³-hybridized carbons (Fsp3) is 0.417. The number of nitrogens with one attached hydrogen (secondary N) is 1. The zero-order valence-electron chi connectivity index (χ0n) is 9.35. The highest BCUT2D eigenvalue weighted by Crippen LogP contribution is 2.33. The van der Waals surface area contributed by atoms with Gasteiger partial charge in [-0.2, -0.15) is 0 Å². The first kappa shape index (κ1) is 10.4. The summed E-state index contributed by atoms with van der Waals surface area (Å²) in [6.07, 6.45) is 0. The number of morpholine rings is 1. The molecule has 0 amide bonds. The van der Waals surface area contributed by atoms with Gasteiger partial charge >= 0.3 is 5.97 Å². The standard InChI is InChI=1S/C12H14N2O3/c15-12(16)8-1-2-11-10(5-8)13-6-9-7-17-4-3-14(9)11/h1-2,5,9,13H,3-4,6-7H2,(H,15,16). The van der Waals surface area contributed by atoms with Crippen molar-refractivity contribution < 1.29 is 14.6 Å². The Morgan fingerprint density at radius 1 is 1.53 bits per heavy atom. The van der Waals surface area contributed by atoms with Gasteiger partial charge in [0, 0.05) is 13.1 Å². The summed E-state index contributed by atoms with van der Waals surface area (Å²) in [5.74, 6) is -0.890. The number of carboxylic acids is 1. The summed E-state index contributed by atoms with van der Waals surface area (Å²) in [4.78, 5) is 13.2. The Bertz CT molecular complexity index is 461. The molecule has 1 fully saturated rings. The van der Waals surface area contributed by atoms with Gasteiger partial charge < -0.3 is 20.1 Å². The second kappa shape index (κ2) is 3.92. The minimum Gasteiger partial charge on any atom is -0.478 e. The number of fused-ring (bicyclic) bond motifs is 3. The van der Waals surface area contributed by atoms with E-state index in [-0.39, 0.29) is 0 Å². The molecular weight excluding hydrogens is 220 g/mol. The number of benzene rings is 1. The maximum Gasteiger partial charge on any atom is 0.335 e. The van der Waals surface area contributed by atoms with Gasteiger partial charge in [-0.05, 0) is 18.2 Å². The third-order valence-electron chi connectivity index (χ3n) is 3.31. The smallest absolute Gasteiger partial charge is 0.335 e. The molecule has 5 heteroatoms. The normalized spacial score (nSPS) is 22.4. The van der Waals surface area contributed by atoms with Crippen molar-refractivity contribution >= 4 is 17.3 Å². The van der Waals surface area contributed by atoms with Crippen molar-refractivity contribution in [3.63, 3.8) is 0 Å². The Labute approximate surface area is 99.0 Å². The average Bonchev–Trinajstić information content (AvgIpc) is 2.38. The molecule has 0 radical (unpaired) electrons. The number of hydrogen-bond acceptors (Lipinski definition) is 4. The second-order valence-electron chi connectivity index (χ2n) is 4.34. The van der Waals surface area contributed by atoms with Crippen molar-refractivity contribution in [3.8, 4) is 0 Å². The van der Waals surface area contributed by atoms with E-state index in [0.717, 1.165) is 37.7 Å². The van der Waals surface area contributed by atoms with Crippen LogP contribution in [0, 0.1) is 0 Å². The molecule has 0 aliphatic carbocycles. The molecule has 1 unspecified atom stereocenters. The summed E-state index contributed by atoms with van der Waals surface area (Å²) in [7, 11) is 0. The van der Waals surface area contributed by atoms with Gasteiger partial charge in [-0.1, -0.05) is 0 Å². The van der Waals surface area contributed by atoms with Gasteiger partial charge in [-0.15, -0.1) is 0 Å². The van der Waals surface area contributed by atoms with Crippen LogP contribution in [0.3, 0.4) is 0 Å². The van der Waals surface area contributed by atoms with Crippen molar-refractivity contribution in [3.05, 3.63) is 23.8 Å². The molecule has 0 saturated carbocycles. The van der Waals surface area contributed by atoms with Gasteiger partial charge in [-0.3, -0.25) is 0 Å². The highest BCUT2D eigenvalue weighted by atomic mass is 16.5. The predicted molar refractivity (Wildman–Crippen MR) is 63.8 cm³/mol. The molecule has 5 nitrogen and oxygen atoms in total. The van der Waals surface area contributed by atoms with Crippen LogP contribution in [0.4, 0.5) is 11.4 Å². The summed E-state index contributed by atoms with van der Waals surface area (Å²) in [6.45, 7) is 3.13. The van der Waals surface area contributed by atoms with E-state index in [9.17, 15) is 4.79 Å². The fourth-order valence-electron chi connectivity index (χ4n) is 2.43. The molecule has 90 valence electrons. The van der Waals surface area contributed by atoms with Crippen molar-refractivity contribution in [2.75, 3.05) is 36.5 Å². The third kappa shape index (κ3) is 1.72. The van der Waals surface area contributed by atoms with E-state index in [0.29, 0.717) is 11.6 Å². The maximum atomic E-state index is 10.9. The first-order valence-corrected chi connectivity index (χ1v) is 5.71. The van der Waals surface area contributed by atoms with E-state index < -0.39 is 5.97 Å². The molecule has 3 rings (SSSR count). The van der Waals surface area contributed by atoms with Crippen molar-refractivity contribution in [2.24, 2.45) is 0 Å². The van der Waals surface area contributed by atoms with Crippen LogP contribution in [-0.2, 0) is 4.74 Å². The van der Waals surface area contributed by atoms with E-state index in [1.165, 1.54) is 0 Å². The van der Waals surface area contributed by atoms with Gasteiger partial charge in [0.1, 0.15) is 0 Å². The number of ether oxygens (including phenoxy) is 1. The Kier molecular flexibility index (Phi) is 2.40. The molecule has 0 bridgehead atoms. The minimum atomic E-state index is -0.890. The van der Waals surface area contributed by atoms with Gasteiger partial charge in [0.15, 0.2) is 0 Å². The molecule has 1 saturated heterocycles. The first-order chi connectivity index (χ1) is 8.25. The quantitative estimate of drug-likeness (QED) is 0.759. The SMILES string of the molecule is O=C(O)c1ccc2c(c1)NCC1COCCN21. The van der Waals surface area contributed by atoms with E-state index in [4.69, 9.17) is 9.84 Å². The van der Waals surface area contributed by atoms with Gasteiger partial charge in [0.25, 0.3) is 0 Å². The molecule has 1 aromatic carbocycles. The number of carbonyl (C=O) groups is 1. The van der Waals surface area contributed by atoms with Gasteiger partial charge in [0.05, 0.1) is 36.2 Å². The highest BCUT2D eigenvalue weighted by Gasteiger charge is 2.29. The minimum absolute atomic E-state index is 0.322. The molecule has 2 heterocycles. The summed E-state index contributed by atoms with van der Waals surface area (Å²) in [5, 5.41) is 12.2. The van der Waals surface area contributed by atoms with Crippen molar-refractivity contribution in [1.82, 2.24) is 0 Å². The number of aromatic carboxylic acids is 1. The number of anilines is 2. The van der Waals surface area contributed by atoms with Crippen LogP contribution in [0.15, 0.2) is 18.2 Å². The molecule has 17 heavy (non-hydrogen) atoms. The second-order valence-corrected chi connectivity index (χ2v) is 4.34. The molecular formula is C12H14N2O3. The lowest BCUT2D eigenvalue weighted by molar-refractivity contribution is 0.0696. The molecule has 2 N–H and O–H groups in total. The summed E-state index contributed by atoms with van der Waals surface area (Å²) < 4.78 is 5.44. The van der Waals surface area contributed by atoms with Crippen LogP contribution in [0.1, 0.15) is 10.4 Å². The number of carboxylic acid groups (broad SMARTS) is 1. The van der Waals surface area contributed by atoms with Crippen LogP contribution in [-0.4, -0.2) is 43.4 Å². The summed E-state index contributed by atoms with van der Waals surface area (Å²) in [6, 6.07) is 5.58. The highest BCUT2D eigenvalue weighted by molar-refractivity contribution is 5.91. The first-order valence-electron chi connectivity index (χ1n) is 5.71. The number of rotatable bonds is 1. The average molecular weight is 234 g/mol. The maximum absolute atomic E-state index is 10.9.